The zero-order chi connectivity index (χ0) is 32.4. The summed E-state index contributed by atoms with van der Waals surface area (Å²) < 4.78 is 83.9. The summed E-state index contributed by atoms with van der Waals surface area (Å²) in [6, 6.07) is 12.2. The summed E-state index contributed by atoms with van der Waals surface area (Å²) in [5.41, 5.74) is 0.441. The van der Waals surface area contributed by atoms with Gasteiger partial charge in [-0.3, -0.25) is 4.57 Å². The number of imidazole rings is 1. The van der Waals surface area contributed by atoms with E-state index in [0.717, 1.165) is 12.1 Å². The van der Waals surface area contributed by atoms with Crippen LogP contribution in [0.4, 0.5) is 22.4 Å². The van der Waals surface area contributed by atoms with Crippen LogP contribution in [-0.4, -0.2) is 30.0 Å². The number of hydrogen-bond donors (Lipinski definition) is 2. The normalized spacial score (nSPS) is 12.2. The van der Waals surface area contributed by atoms with Gasteiger partial charge in [0.2, 0.25) is 0 Å². The van der Waals surface area contributed by atoms with Gasteiger partial charge in [0.15, 0.2) is 5.16 Å². The van der Waals surface area contributed by atoms with Crippen LogP contribution in [0.15, 0.2) is 76.9 Å². The van der Waals surface area contributed by atoms with Gasteiger partial charge < -0.3 is 5.32 Å². The second-order valence-corrected chi connectivity index (χ2v) is 13.7. The summed E-state index contributed by atoms with van der Waals surface area (Å²) in [5, 5.41) is 3.03. The maximum atomic E-state index is 14.1. The minimum Gasteiger partial charge on any atom is -0.335 e. The van der Waals surface area contributed by atoms with Gasteiger partial charge in [-0.1, -0.05) is 49.3 Å². The Kier molecular flexibility index (Phi) is 10.0. The molecule has 0 atom stereocenters. The molecule has 44 heavy (non-hydrogen) atoms. The number of nitrogens with one attached hydrogen (secondary N) is 2. The third-order valence-corrected chi connectivity index (χ3v) is 9.43. The molecule has 0 aliphatic heterocycles. The van der Waals surface area contributed by atoms with E-state index in [9.17, 15) is 30.8 Å². The summed E-state index contributed by atoms with van der Waals surface area (Å²) in [5.74, 6) is -1.22. The second kappa shape index (κ2) is 13.2. The summed E-state index contributed by atoms with van der Waals surface area (Å²) in [6.07, 6.45) is -1.43. The number of thioether (sulfide) groups is 1. The van der Waals surface area contributed by atoms with Gasteiger partial charge in [0.25, 0.3) is 16.4 Å². The first-order valence-corrected chi connectivity index (χ1v) is 16.1. The van der Waals surface area contributed by atoms with E-state index in [0.29, 0.717) is 27.7 Å². The maximum absolute atomic E-state index is 14.1. The van der Waals surface area contributed by atoms with Crippen molar-refractivity contribution in [2.45, 2.75) is 61.4 Å². The Hall–Kier alpha value is -3.55. The van der Waals surface area contributed by atoms with Crippen LogP contribution in [0, 0.1) is 11.6 Å². The predicted molar refractivity (Wildman–Crippen MR) is 162 cm³/mol. The molecule has 4 rings (SSSR count). The number of alkyl halides is 2. The Morgan fingerprint density at radius 1 is 1.05 bits per heavy atom. The molecule has 0 unspecified atom stereocenters. The van der Waals surface area contributed by atoms with E-state index in [4.69, 9.17) is 11.6 Å². The largest absolute Gasteiger partial charge is 0.335 e. The first-order valence-electron chi connectivity index (χ1n) is 13.3. The van der Waals surface area contributed by atoms with Crippen LogP contribution in [0.1, 0.15) is 56.5 Å². The van der Waals surface area contributed by atoms with Crippen LogP contribution in [0.3, 0.4) is 0 Å². The average Bonchev–Trinajstić information content (AvgIpc) is 3.36. The SMILES string of the molecule is CC(C)NC(=O)NS(=O)(=O)c1ccc(CSc2ncc(C(C)(C)c3ccc(F)c(C(F)F)c3)n2-c2ccc(F)cc2)c(Cl)c1. The first-order chi connectivity index (χ1) is 20.6. The monoisotopic (exact) mass is 668 g/mol. The molecule has 0 bridgehead atoms. The van der Waals surface area contributed by atoms with Crippen LogP contribution in [-0.2, 0) is 21.2 Å². The zero-order valence-electron chi connectivity index (χ0n) is 24.0. The third kappa shape index (κ3) is 7.39. The predicted octanol–water partition coefficient (Wildman–Crippen LogP) is 7.76. The average molecular weight is 669 g/mol. The Morgan fingerprint density at radius 2 is 1.73 bits per heavy atom. The van der Waals surface area contributed by atoms with Crippen molar-refractivity contribution in [3.63, 3.8) is 0 Å². The number of amides is 2. The molecule has 0 spiro atoms. The minimum atomic E-state index is -4.18. The molecule has 0 aliphatic rings. The lowest BCUT2D eigenvalue weighted by atomic mass is 9.81. The van der Waals surface area contributed by atoms with Crippen molar-refractivity contribution in [2.24, 2.45) is 0 Å². The van der Waals surface area contributed by atoms with Gasteiger partial charge in [-0.25, -0.2) is 40.5 Å². The number of nitrogens with zero attached hydrogens (tertiary/aromatic N) is 2. The smallest absolute Gasteiger partial charge is 0.328 e. The molecule has 234 valence electrons. The molecule has 4 aromatic rings. The van der Waals surface area contributed by atoms with Gasteiger partial charge in [-0.2, -0.15) is 0 Å². The lowest BCUT2D eigenvalue weighted by Crippen LogP contribution is -2.42. The van der Waals surface area contributed by atoms with Crippen LogP contribution < -0.4 is 10.0 Å². The number of carbonyl (C=O) groups is 1. The van der Waals surface area contributed by atoms with Gasteiger partial charge in [-0.05, 0) is 73.5 Å². The van der Waals surface area contributed by atoms with E-state index >= 15 is 0 Å². The summed E-state index contributed by atoms with van der Waals surface area (Å²) >= 11 is 7.69. The fourth-order valence-electron chi connectivity index (χ4n) is 4.39. The topological polar surface area (TPSA) is 93.1 Å². The van der Waals surface area contributed by atoms with Crippen molar-refractivity contribution in [1.82, 2.24) is 19.6 Å². The zero-order valence-corrected chi connectivity index (χ0v) is 26.4. The number of urea groups is 1. The molecule has 3 aromatic carbocycles. The molecule has 1 heterocycles. The van der Waals surface area contributed by atoms with Crippen molar-refractivity contribution in [2.75, 3.05) is 0 Å². The van der Waals surface area contributed by atoms with Crippen molar-refractivity contribution in [3.8, 4) is 5.69 Å². The number of rotatable bonds is 10. The molecular formula is C30H29ClF4N4O3S2. The minimum absolute atomic E-state index is 0.135. The van der Waals surface area contributed by atoms with E-state index in [1.165, 1.54) is 48.2 Å². The lowest BCUT2D eigenvalue weighted by molar-refractivity contribution is 0.146. The highest BCUT2D eigenvalue weighted by atomic mass is 35.5. The van der Waals surface area contributed by atoms with E-state index in [1.807, 2.05) is 4.72 Å². The number of sulfonamides is 1. The second-order valence-electron chi connectivity index (χ2n) is 10.7. The van der Waals surface area contributed by atoms with E-state index < -0.39 is 45.1 Å². The Bertz CT molecular complexity index is 1780. The Morgan fingerprint density at radius 3 is 2.34 bits per heavy atom. The summed E-state index contributed by atoms with van der Waals surface area (Å²) in [4.78, 5) is 16.3. The van der Waals surface area contributed by atoms with Gasteiger partial charge in [0.1, 0.15) is 11.6 Å². The molecule has 0 fully saturated rings. The van der Waals surface area contributed by atoms with E-state index in [2.05, 4.69) is 10.3 Å². The van der Waals surface area contributed by atoms with Crippen molar-refractivity contribution in [3.05, 3.63) is 106 Å². The number of halogens is 5. The molecule has 0 aliphatic carbocycles. The van der Waals surface area contributed by atoms with Crippen molar-refractivity contribution >= 4 is 39.4 Å². The summed E-state index contributed by atoms with van der Waals surface area (Å²) in [6.45, 7) is 6.94. The van der Waals surface area contributed by atoms with Crippen molar-refractivity contribution in [1.29, 1.82) is 0 Å². The standard InChI is InChI=1S/C30H29ClF4N4O3S2/c1-17(2)37-28(40)38-44(41,42)22-11-5-18(24(31)14-22)16-43-29-36-15-26(39(29)21-9-7-20(32)8-10-21)30(3,4)19-6-12-25(33)23(13-19)27(34)35/h5-15,17,27H,16H2,1-4H3,(H2,37,38,40). The molecule has 0 radical (unpaired) electrons. The molecule has 0 saturated carbocycles. The highest BCUT2D eigenvalue weighted by molar-refractivity contribution is 7.98. The van der Waals surface area contributed by atoms with Gasteiger partial charge >= 0.3 is 6.03 Å². The third-order valence-electron chi connectivity index (χ3n) is 6.75. The first kappa shape index (κ1) is 33.3. The quantitative estimate of drug-likeness (QED) is 0.133. The molecule has 7 nitrogen and oxygen atoms in total. The number of aromatic nitrogens is 2. The highest BCUT2D eigenvalue weighted by Crippen LogP contribution is 2.39. The molecule has 2 amide bonds. The number of carbonyl (C=O) groups excluding carboxylic acids is 1. The Balaban J connectivity index is 1.67. The summed E-state index contributed by atoms with van der Waals surface area (Å²) in [7, 11) is -4.18. The van der Waals surface area contributed by atoms with Gasteiger partial charge in [0.05, 0.1) is 22.3 Å². The van der Waals surface area contributed by atoms with Crippen LogP contribution >= 0.6 is 23.4 Å². The van der Waals surface area contributed by atoms with Crippen molar-refractivity contribution < 1.29 is 30.8 Å². The molecule has 14 heteroatoms. The molecular weight excluding hydrogens is 640 g/mol. The fraction of sp³-hybridized carbons (Fsp3) is 0.267. The van der Waals surface area contributed by atoms with Crippen LogP contribution in [0.25, 0.3) is 5.69 Å². The molecule has 0 saturated heterocycles. The molecule has 1 aromatic heterocycles. The van der Waals surface area contributed by atoms with Gasteiger partial charge in [0, 0.05) is 27.9 Å². The fourth-order valence-corrected chi connectivity index (χ4v) is 6.72. The number of benzene rings is 3. The lowest BCUT2D eigenvalue weighted by Gasteiger charge is -2.28. The van der Waals surface area contributed by atoms with Crippen LogP contribution in [0.2, 0.25) is 5.02 Å². The van der Waals surface area contributed by atoms with E-state index in [1.54, 1.807) is 50.6 Å². The Labute approximate surface area is 262 Å². The van der Waals surface area contributed by atoms with Crippen LogP contribution in [0.5, 0.6) is 0 Å². The van der Waals surface area contributed by atoms with E-state index in [-0.39, 0.29) is 21.7 Å². The van der Waals surface area contributed by atoms with Gasteiger partial charge in [-0.15, -0.1) is 0 Å². The molecule has 2 N–H and O–H groups in total. The maximum Gasteiger partial charge on any atom is 0.328 e. The highest BCUT2D eigenvalue weighted by Gasteiger charge is 2.31. The number of hydrogen-bond acceptors (Lipinski definition) is 5.